The maximum Gasteiger partial charge on any atom is 0.163 e. The molecule has 0 aliphatic carbocycles. The number of rotatable bonds is 9. The van der Waals surface area contributed by atoms with Crippen LogP contribution in [-0.2, 0) is 6.42 Å². The van der Waals surface area contributed by atoms with E-state index in [4.69, 9.17) is 26.8 Å². The first-order valence-corrected chi connectivity index (χ1v) is 9.39. The number of nitrogen functional groups attached to an aromatic ring is 1. The molecule has 0 radical (unpaired) electrons. The molecule has 0 bridgehead atoms. The van der Waals surface area contributed by atoms with Gasteiger partial charge in [-0.2, -0.15) is 0 Å². The Morgan fingerprint density at radius 3 is 2.48 bits per heavy atom. The Bertz CT molecular complexity index is 820. The molecule has 0 heterocycles. The van der Waals surface area contributed by atoms with E-state index in [0.717, 1.165) is 12.0 Å². The fourth-order valence-electron chi connectivity index (χ4n) is 2.78. The van der Waals surface area contributed by atoms with Crippen LogP contribution in [0.4, 0.5) is 5.69 Å². The molecule has 0 atom stereocenters. The number of carbonyl (C=O) groups excluding carboxylic acids is 1. The molecule has 2 rings (SSSR count). The summed E-state index contributed by atoms with van der Waals surface area (Å²) in [6.07, 6.45) is 2.14. The van der Waals surface area contributed by atoms with Crippen LogP contribution in [0.3, 0.4) is 0 Å². The average Bonchev–Trinajstić information content (AvgIpc) is 2.61. The Balaban J connectivity index is 1.94. The molecule has 27 heavy (non-hydrogen) atoms. The number of aromatic hydroxyl groups is 1. The van der Waals surface area contributed by atoms with Gasteiger partial charge in [-0.15, -0.1) is 0 Å². The quantitative estimate of drug-likeness (QED) is 0.359. The summed E-state index contributed by atoms with van der Waals surface area (Å²) in [7, 11) is 0. The molecule has 0 saturated heterocycles. The van der Waals surface area contributed by atoms with Gasteiger partial charge in [-0.1, -0.05) is 24.9 Å². The van der Waals surface area contributed by atoms with Crippen molar-refractivity contribution in [2.75, 3.05) is 18.9 Å². The highest BCUT2D eigenvalue weighted by atomic mass is 35.5. The SMILES string of the molecule is CCCc1c(OCCCOc2cc(N)c(Cl)cc2C)ccc(C(C)=O)c1O. The summed E-state index contributed by atoms with van der Waals surface area (Å²) in [6, 6.07) is 6.84. The van der Waals surface area contributed by atoms with Gasteiger partial charge in [0.05, 0.1) is 29.5 Å². The van der Waals surface area contributed by atoms with Gasteiger partial charge in [0, 0.05) is 18.1 Å². The number of halogens is 1. The fourth-order valence-corrected chi connectivity index (χ4v) is 2.99. The maximum absolute atomic E-state index is 11.6. The molecule has 3 N–H and O–H groups in total. The van der Waals surface area contributed by atoms with Crippen LogP contribution in [-0.4, -0.2) is 24.1 Å². The number of hydrogen-bond donors (Lipinski definition) is 2. The van der Waals surface area contributed by atoms with E-state index in [1.165, 1.54) is 6.92 Å². The van der Waals surface area contributed by atoms with Gasteiger partial charge in [0.2, 0.25) is 0 Å². The third-order valence-corrected chi connectivity index (χ3v) is 4.54. The van der Waals surface area contributed by atoms with Crippen molar-refractivity contribution in [3.05, 3.63) is 46.0 Å². The molecule has 6 heteroatoms. The van der Waals surface area contributed by atoms with Crippen LogP contribution in [0.1, 0.15) is 48.2 Å². The zero-order chi connectivity index (χ0) is 20.0. The summed E-state index contributed by atoms with van der Waals surface area (Å²) >= 11 is 5.98. The number of hydrogen-bond acceptors (Lipinski definition) is 5. The van der Waals surface area contributed by atoms with Crippen molar-refractivity contribution >= 4 is 23.1 Å². The third-order valence-electron chi connectivity index (χ3n) is 4.22. The van der Waals surface area contributed by atoms with Gasteiger partial charge in [0.15, 0.2) is 5.78 Å². The average molecular weight is 392 g/mol. The fraction of sp³-hybridized carbons (Fsp3) is 0.381. The highest BCUT2D eigenvalue weighted by Crippen LogP contribution is 2.33. The number of carbonyl (C=O) groups is 1. The smallest absolute Gasteiger partial charge is 0.163 e. The van der Waals surface area contributed by atoms with E-state index < -0.39 is 0 Å². The number of aryl methyl sites for hydroxylation is 1. The number of phenolic OH excluding ortho intramolecular Hbond substituents is 1. The topological polar surface area (TPSA) is 81.8 Å². The molecule has 0 aliphatic rings. The summed E-state index contributed by atoms with van der Waals surface area (Å²) in [6.45, 7) is 6.25. The summed E-state index contributed by atoms with van der Waals surface area (Å²) in [5.74, 6) is 1.16. The molecule has 0 saturated carbocycles. The molecular formula is C21H26ClNO4. The lowest BCUT2D eigenvalue weighted by Gasteiger charge is -2.15. The molecule has 0 fully saturated rings. The number of ether oxygens (including phenoxy) is 2. The van der Waals surface area contributed by atoms with Crippen molar-refractivity contribution in [2.24, 2.45) is 0 Å². The number of ketones is 1. The molecule has 5 nitrogen and oxygen atoms in total. The number of benzene rings is 2. The first kappa shape index (κ1) is 20.9. The molecule has 0 spiro atoms. The van der Waals surface area contributed by atoms with Crippen molar-refractivity contribution in [3.63, 3.8) is 0 Å². The lowest BCUT2D eigenvalue weighted by Crippen LogP contribution is -2.08. The van der Waals surface area contributed by atoms with Crippen LogP contribution in [0.5, 0.6) is 17.2 Å². The molecule has 2 aromatic rings. The molecule has 0 aromatic heterocycles. The molecule has 2 aromatic carbocycles. The third kappa shape index (κ3) is 5.30. The molecule has 0 aliphatic heterocycles. The lowest BCUT2D eigenvalue weighted by atomic mass is 10.0. The van der Waals surface area contributed by atoms with Crippen LogP contribution in [0, 0.1) is 6.92 Å². The number of Topliss-reactive ketones (excluding diaryl/α,β-unsaturated/α-hetero) is 1. The Morgan fingerprint density at radius 1 is 1.19 bits per heavy atom. The predicted octanol–water partition coefficient (Wildman–Crippen LogP) is 4.94. The van der Waals surface area contributed by atoms with E-state index in [-0.39, 0.29) is 11.5 Å². The van der Waals surface area contributed by atoms with E-state index >= 15 is 0 Å². The van der Waals surface area contributed by atoms with Gasteiger partial charge in [0.1, 0.15) is 17.2 Å². The van der Waals surface area contributed by atoms with Gasteiger partial charge in [-0.25, -0.2) is 0 Å². The van der Waals surface area contributed by atoms with Crippen LogP contribution in [0.2, 0.25) is 5.02 Å². The maximum atomic E-state index is 11.6. The monoisotopic (exact) mass is 391 g/mol. The van der Waals surface area contributed by atoms with E-state index in [1.807, 2.05) is 13.8 Å². The minimum atomic E-state index is -0.164. The minimum Gasteiger partial charge on any atom is -0.507 e. The Morgan fingerprint density at radius 2 is 1.85 bits per heavy atom. The van der Waals surface area contributed by atoms with Crippen molar-refractivity contribution in [3.8, 4) is 17.2 Å². The van der Waals surface area contributed by atoms with E-state index in [1.54, 1.807) is 24.3 Å². The van der Waals surface area contributed by atoms with E-state index in [0.29, 0.717) is 59.4 Å². The second-order valence-electron chi connectivity index (χ2n) is 6.43. The van der Waals surface area contributed by atoms with Crippen LogP contribution in [0.15, 0.2) is 24.3 Å². The van der Waals surface area contributed by atoms with Crippen LogP contribution >= 0.6 is 11.6 Å². The van der Waals surface area contributed by atoms with Crippen LogP contribution < -0.4 is 15.2 Å². The normalized spacial score (nSPS) is 10.7. The van der Waals surface area contributed by atoms with Crippen molar-refractivity contribution < 1.29 is 19.4 Å². The number of anilines is 1. The largest absolute Gasteiger partial charge is 0.507 e. The van der Waals surface area contributed by atoms with E-state index in [9.17, 15) is 9.90 Å². The van der Waals surface area contributed by atoms with Crippen LogP contribution in [0.25, 0.3) is 0 Å². The van der Waals surface area contributed by atoms with Crippen molar-refractivity contribution in [2.45, 2.75) is 40.0 Å². The highest BCUT2D eigenvalue weighted by molar-refractivity contribution is 6.33. The second-order valence-corrected chi connectivity index (χ2v) is 6.84. The Hall–Kier alpha value is -2.40. The second kappa shape index (κ2) is 9.51. The van der Waals surface area contributed by atoms with Gasteiger partial charge >= 0.3 is 0 Å². The Labute approximate surface area is 165 Å². The van der Waals surface area contributed by atoms with Gasteiger partial charge < -0.3 is 20.3 Å². The van der Waals surface area contributed by atoms with Crippen molar-refractivity contribution in [1.29, 1.82) is 0 Å². The summed E-state index contributed by atoms with van der Waals surface area (Å²) < 4.78 is 11.6. The lowest BCUT2D eigenvalue weighted by molar-refractivity contribution is 0.101. The molecular weight excluding hydrogens is 366 g/mol. The molecule has 146 valence electrons. The Kier molecular flexibility index (Phi) is 7.36. The first-order chi connectivity index (χ1) is 12.8. The molecule has 0 unspecified atom stereocenters. The highest BCUT2D eigenvalue weighted by Gasteiger charge is 2.15. The summed E-state index contributed by atoms with van der Waals surface area (Å²) in [4.78, 5) is 11.6. The molecule has 0 amide bonds. The zero-order valence-electron chi connectivity index (χ0n) is 16.0. The minimum absolute atomic E-state index is 0.0189. The van der Waals surface area contributed by atoms with Gasteiger partial charge in [-0.3, -0.25) is 4.79 Å². The first-order valence-electron chi connectivity index (χ1n) is 9.02. The van der Waals surface area contributed by atoms with E-state index in [2.05, 4.69) is 0 Å². The zero-order valence-corrected chi connectivity index (χ0v) is 16.7. The van der Waals surface area contributed by atoms with Crippen molar-refractivity contribution in [1.82, 2.24) is 0 Å². The van der Waals surface area contributed by atoms with Gasteiger partial charge in [-0.05, 0) is 44.0 Å². The summed E-state index contributed by atoms with van der Waals surface area (Å²) in [5, 5.41) is 10.9. The summed E-state index contributed by atoms with van der Waals surface area (Å²) in [5.41, 5.74) is 8.21. The van der Waals surface area contributed by atoms with Gasteiger partial charge in [0.25, 0.3) is 0 Å². The number of phenols is 1. The standard InChI is InChI=1S/C21H26ClNO4/c1-4-6-16-19(8-7-15(14(3)24)21(16)25)26-9-5-10-27-20-12-18(23)17(22)11-13(20)2/h7-8,11-12,25H,4-6,9-10,23H2,1-3H3. The number of nitrogens with two attached hydrogens (primary N) is 1. The predicted molar refractivity (Wildman–Crippen MR) is 108 cm³/mol.